The van der Waals surface area contributed by atoms with E-state index in [1.807, 2.05) is 36.6 Å². The number of benzene rings is 1. The molecule has 0 radical (unpaired) electrons. The van der Waals surface area contributed by atoms with E-state index >= 15 is 0 Å². The Bertz CT molecular complexity index is 870. The van der Waals surface area contributed by atoms with Gasteiger partial charge in [0.2, 0.25) is 5.89 Å². The SMILES string of the molecule is Cc1cnc(CN2CCC2CNC(=O)c2csc3ccccc23)o1. The number of carbonyl (C=O) groups is 1. The number of carbonyl (C=O) groups excluding carboxylic acids is 1. The zero-order valence-corrected chi connectivity index (χ0v) is 14.3. The molecule has 0 bridgehead atoms. The summed E-state index contributed by atoms with van der Waals surface area (Å²) in [5, 5.41) is 6.04. The van der Waals surface area contributed by atoms with Crippen molar-refractivity contribution in [1.29, 1.82) is 0 Å². The molecule has 1 aliphatic heterocycles. The van der Waals surface area contributed by atoms with Crippen LogP contribution in [-0.4, -0.2) is 34.9 Å². The van der Waals surface area contributed by atoms with Gasteiger partial charge in [0.15, 0.2) is 0 Å². The summed E-state index contributed by atoms with van der Waals surface area (Å²) < 4.78 is 6.68. The lowest BCUT2D eigenvalue weighted by atomic mass is 10.0. The Morgan fingerprint density at radius 3 is 3.08 bits per heavy atom. The normalized spacial score (nSPS) is 17.8. The first-order valence-corrected chi connectivity index (χ1v) is 8.98. The van der Waals surface area contributed by atoms with Crippen LogP contribution in [0.5, 0.6) is 0 Å². The number of aryl methyl sites for hydroxylation is 1. The predicted octanol–water partition coefficient (Wildman–Crippen LogP) is 3.20. The van der Waals surface area contributed by atoms with E-state index in [0.29, 0.717) is 19.1 Å². The summed E-state index contributed by atoms with van der Waals surface area (Å²) in [5.41, 5.74) is 0.768. The molecule has 3 heterocycles. The van der Waals surface area contributed by atoms with Crippen molar-refractivity contribution in [3.8, 4) is 0 Å². The maximum atomic E-state index is 12.5. The number of oxazole rings is 1. The van der Waals surface area contributed by atoms with E-state index in [4.69, 9.17) is 4.42 Å². The van der Waals surface area contributed by atoms with Crippen molar-refractivity contribution < 1.29 is 9.21 Å². The topological polar surface area (TPSA) is 58.4 Å². The van der Waals surface area contributed by atoms with Crippen LogP contribution >= 0.6 is 11.3 Å². The molecular weight excluding hydrogens is 322 g/mol. The van der Waals surface area contributed by atoms with E-state index in [-0.39, 0.29) is 5.91 Å². The molecule has 24 heavy (non-hydrogen) atoms. The monoisotopic (exact) mass is 341 g/mol. The molecule has 1 amide bonds. The molecule has 4 rings (SSSR count). The molecule has 5 nitrogen and oxygen atoms in total. The molecule has 1 aliphatic rings. The van der Waals surface area contributed by atoms with Crippen molar-refractivity contribution >= 4 is 27.3 Å². The fraction of sp³-hybridized carbons (Fsp3) is 0.333. The van der Waals surface area contributed by atoms with Gasteiger partial charge < -0.3 is 9.73 Å². The van der Waals surface area contributed by atoms with Crippen LogP contribution in [0.25, 0.3) is 10.1 Å². The molecule has 3 aromatic rings. The Morgan fingerprint density at radius 1 is 1.46 bits per heavy atom. The van der Waals surface area contributed by atoms with E-state index in [1.54, 1.807) is 17.5 Å². The number of fused-ring (bicyclic) bond motifs is 1. The summed E-state index contributed by atoms with van der Waals surface area (Å²) in [6, 6.07) is 8.37. The smallest absolute Gasteiger partial charge is 0.252 e. The molecule has 6 heteroatoms. The van der Waals surface area contributed by atoms with Gasteiger partial charge in [0, 0.05) is 34.6 Å². The number of thiophene rings is 1. The van der Waals surface area contributed by atoms with Crippen molar-refractivity contribution in [2.75, 3.05) is 13.1 Å². The molecule has 0 aliphatic carbocycles. The summed E-state index contributed by atoms with van der Waals surface area (Å²) in [6.07, 6.45) is 2.83. The number of hydrogen-bond acceptors (Lipinski definition) is 5. The van der Waals surface area contributed by atoms with Gasteiger partial charge in [0.05, 0.1) is 18.3 Å². The second-order valence-electron chi connectivity index (χ2n) is 6.13. The van der Waals surface area contributed by atoms with Crippen LogP contribution in [0, 0.1) is 6.92 Å². The second-order valence-corrected chi connectivity index (χ2v) is 7.04. The second kappa shape index (κ2) is 6.37. The van der Waals surface area contributed by atoms with Crippen LogP contribution in [0.2, 0.25) is 0 Å². The number of nitrogens with one attached hydrogen (secondary N) is 1. The van der Waals surface area contributed by atoms with Crippen LogP contribution < -0.4 is 5.32 Å². The minimum absolute atomic E-state index is 0.00580. The third kappa shape index (κ3) is 2.95. The first-order valence-electron chi connectivity index (χ1n) is 8.10. The molecule has 0 saturated carbocycles. The number of likely N-dealkylation sites (tertiary alicyclic amines) is 1. The highest BCUT2D eigenvalue weighted by atomic mass is 32.1. The largest absolute Gasteiger partial charge is 0.445 e. The molecule has 124 valence electrons. The van der Waals surface area contributed by atoms with Crippen molar-refractivity contribution in [2.24, 2.45) is 0 Å². The minimum atomic E-state index is 0.00580. The van der Waals surface area contributed by atoms with E-state index in [1.165, 1.54) is 0 Å². The predicted molar refractivity (Wildman–Crippen MR) is 94.2 cm³/mol. The lowest BCUT2D eigenvalue weighted by molar-refractivity contribution is 0.0663. The third-order valence-electron chi connectivity index (χ3n) is 4.50. The third-order valence-corrected chi connectivity index (χ3v) is 5.46. The van der Waals surface area contributed by atoms with Gasteiger partial charge in [-0.2, -0.15) is 0 Å². The van der Waals surface area contributed by atoms with Crippen molar-refractivity contribution in [3.05, 3.63) is 53.1 Å². The van der Waals surface area contributed by atoms with Crippen LogP contribution in [0.15, 0.2) is 40.3 Å². The first-order chi connectivity index (χ1) is 11.7. The van der Waals surface area contributed by atoms with E-state index in [9.17, 15) is 4.79 Å². The minimum Gasteiger partial charge on any atom is -0.445 e. The quantitative estimate of drug-likeness (QED) is 0.774. The van der Waals surface area contributed by atoms with E-state index in [0.717, 1.165) is 40.3 Å². The number of amides is 1. The van der Waals surface area contributed by atoms with Crippen LogP contribution in [-0.2, 0) is 6.54 Å². The molecule has 1 N–H and O–H groups in total. The molecule has 2 aromatic heterocycles. The average molecular weight is 341 g/mol. The fourth-order valence-electron chi connectivity index (χ4n) is 3.04. The Kier molecular flexibility index (Phi) is 4.08. The lowest BCUT2D eigenvalue weighted by Gasteiger charge is -2.40. The Hall–Kier alpha value is -2.18. The number of aromatic nitrogens is 1. The number of hydrogen-bond donors (Lipinski definition) is 1. The van der Waals surface area contributed by atoms with Gasteiger partial charge in [-0.3, -0.25) is 9.69 Å². The van der Waals surface area contributed by atoms with E-state index < -0.39 is 0 Å². The van der Waals surface area contributed by atoms with Crippen LogP contribution in [0.1, 0.15) is 28.4 Å². The Morgan fingerprint density at radius 2 is 2.33 bits per heavy atom. The molecule has 0 spiro atoms. The summed E-state index contributed by atoms with van der Waals surface area (Å²) in [6.45, 7) is 4.28. The lowest BCUT2D eigenvalue weighted by Crippen LogP contribution is -2.52. The summed E-state index contributed by atoms with van der Waals surface area (Å²) >= 11 is 1.61. The first kappa shape index (κ1) is 15.4. The maximum absolute atomic E-state index is 12.5. The number of rotatable bonds is 5. The maximum Gasteiger partial charge on any atom is 0.252 e. The summed E-state index contributed by atoms with van der Waals surface area (Å²) in [4.78, 5) is 19.0. The summed E-state index contributed by atoms with van der Waals surface area (Å²) in [5.74, 6) is 1.58. The molecular formula is C18H19N3O2S. The molecule has 1 fully saturated rings. The van der Waals surface area contributed by atoms with Crippen molar-refractivity contribution in [1.82, 2.24) is 15.2 Å². The standard InChI is InChI=1S/C18H19N3O2S/c1-12-8-19-17(23-12)10-21-7-6-13(21)9-20-18(22)15-11-24-16-5-3-2-4-14(15)16/h2-5,8,11,13H,6-7,9-10H2,1H3,(H,20,22). The Balaban J connectivity index is 1.35. The molecule has 1 atom stereocenters. The highest BCUT2D eigenvalue weighted by Gasteiger charge is 2.29. The highest BCUT2D eigenvalue weighted by Crippen LogP contribution is 2.26. The number of nitrogens with zero attached hydrogens (tertiary/aromatic N) is 2. The Labute approximate surface area is 144 Å². The van der Waals surface area contributed by atoms with E-state index in [2.05, 4.69) is 15.2 Å². The van der Waals surface area contributed by atoms with Gasteiger partial charge in [-0.1, -0.05) is 18.2 Å². The fourth-order valence-corrected chi connectivity index (χ4v) is 3.98. The molecule has 1 unspecified atom stereocenters. The van der Waals surface area contributed by atoms with Gasteiger partial charge in [0.25, 0.3) is 5.91 Å². The van der Waals surface area contributed by atoms with Gasteiger partial charge in [0.1, 0.15) is 5.76 Å². The van der Waals surface area contributed by atoms with Crippen molar-refractivity contribution in [3.63, 3.8) is 0 Å². The molecule has 1 aromatic carbocycles. The van der Waals surface area contributed by atoms with Crippen LogP contribution in [0.4, 0.5) is 0 Å². The van der Waals surface area contributed by atoms with Crippen molar-refractivity contribution in [2.45, 2.75) is 25.9 Å². The summed E-state index contributed by atoms with van der Waals surface area (Å²) in [7, 11) is 0. The van der Waals surface area contributed by atoms with Gasteiger partial charge in [-0.25, -0.2) is 4.98 Å². The zero-order chi connectivity index (χ0) is 16.5. The average Bonchev–Trinajstić information content (AvgIpc) is 3.17. The highest BCUT2D eigenvalue weighted by molar-refractivity contribution is 7.17. The van der Waals surface area contributed by atoms with Gasteiger partial charge >= 0.3 is 0 Å². The van der Waals surface area contributed by atoms with Gasteiger partial charge in [-0.15, -0.1) is 11.3 Å². The zero-order valence-electron chi connectivity index (χ0n) is 13.5. The van der Waals surface area contributed by atoms with Gasteiger partial charge in [-0.05, 0) is 19.4 Å². The van der Waals surface area contributed by atoms with Crippen LogP contribution in [0.3, 0.4) is 0 Å². The molecule has 1 saturated heterocycles.